The molecule has 7 heteroatoms. The molecule has 2 aromatic rings. The van der Waals surface area contributed by atoms with Crippen LogP contribution in [0.4, 0.5) is 5.69 Å². The fourth-order valence-electron chi connectivity index (χ4n) is 1.74. The van der Waals surface area contributed by atoms with Gasteiger partial charge in [0.15, 0.2) is 0 Å². The molecule has 2 rings (SSSR count). The van der Waals surface area contributed by atoms with Crippen LogP contribution >= 0.6 is 27.5 Å². The summed E-state index contributed by atoms with van der Waals surface area (Å²) < 4.78 is 2.19. The first-order chi connectivity index (χ1) is 9.38. The van der Waals surface area contributed by atoms with Crippen molar-refractivity contribution in [1.29, 1.82) is 0 Å². The Balaban J connectivity index is 2.33. The van der Waals surface area contributed by atoms with E-state index in [9.17, 15) is 9.59 Å². The predicted molar refractivity (Wildman–Crippen MR) is 79.5 cm³/mol. The molecule has 0 aliphatic rings. The number of hydrogen-bond acceptors (Lipinski definition) is 2. The largest absolute Gasteiger partial charge is 0.478 e. The third kappa shape index (κ3) is 3.02. The summed E-state index contributed by atoms with van der Waals surface area (Å²) >= 11 is 9.01. The van der Waals surface area contributed by atoms with E-state index in [-0.39, 0.29) is 11.3 Å². The lowest BCUT2D eigenvalue weighted by Gasteiger charge is -2.09. The zero-order chi connectivity index (χ0) is 14.9. The topological polar surface area (TPSA) is 71.3 Å². The molecular formula is C13H10BrClN2O3. The number of benzene rings is 1. The highest BCUT2D eigenvalue weighted by molar-refractivity contribution is 9.10. The molecule has 1 aromatic heterocycles. The lowest BCUT2D eigenvalue weighted by molar-refractivity contribution is 0.0698. The summed E-state index contributed by atoms with van der Waals surface area (Å²) in [4.78, 5) is 23.3. The number of aromatic carboxylic acids is 1. The summed E-state index contributed by atoms with van der Waals surface area (Å²) in [7, 11) is 1.68. The van der Waals surface area contributed by atoms with Crippen LogP contribution in [-0.4, -0.2) is 21.6 Å². The van der Waals surface area contributed by atoms with Crippen LogP contribution in [0.2, 0.25) is 5.02 Å². The molecule has 104 valence electrons. The molecule has 1 heterocycles. The molecule has 0 atom stereocenters. The number of nitrogens with one attached hydrogen (secondary N) is 1. The Bertz CT molecular complexity index is 697. The highest BCUT2D eigenvalue weighted by atomic mass is 79.9. The summed E-state index contributed by atoms with van der Waals surface area (Å²) in [6.45, 7) is 0. The van der Waals surface area contributed by atoms with Crippen molar-refractivity contribution in [3.05, 3.63) is 51.2 Å². The summed E-state index contributed by atoms with van der Waals surface area (Å²) in [6, 6.07) is 6.11. The Morgan fingerprint density at radius 1 is 1.35 bits per heavy atom. The zero-order valence-electron chi connectivity index (χ0n) is 10.4. The average Bonchev–Trinajstić information content (AvgIpc) is 2.70. The van der Waals surface area contributed by atoms with Crippen LogP contribution in [-0.2, 0) is 7.05 Å². The van der Waals surface area contributed by atoms with Crippen molar-refractivity contribution in [1.82, 2.24) is 4.57 Å². The van der Waals surface area contributed by atoms with Gasteiger partial charge in [-0.15, -0.1) is 0 Å². The van der Waals surface area contributed by atoms with Gasteiger partial charge in [0.05, 0.1) is 16.3 Å². The number of aryl methyl sites for hydroxylation is 1. The Kier molecular flexibility index (Phi) is 4.15. The fraction of sp³-hybridized carbons (Fsp3) is 0.0769. The van der Waals surface area contributed by atoms with Crippen LogP contribution in [0.15, 0.2) is 34.9 Å². The number of carboxylic acid groups (broad SMARTS) is 1. The second-order valence-corrected chi connectivity index (χ2v) is 5.46. The van der Waals surface area contributed by atoms with Gasteiger partial charge in [0.2, 0.25) is 0 Å². The SMILES string of the molecule is Cn1cc(Cl)cc1C(=O)Nc1ccc(Br)cc1C(=O)O. The van der Waals surface area contributed by atoms with Gasteiger partial charge in [0, 0.05) is 17.7 Å². The number of nitrogens with zero attached hydrogens (tertiary/aromatic N) is 1. The van der Waals surface area contributed by atoms with Gasteiger partial charge in [-0.3, -0.25) is 4.79 Å². The first kappa shape index (κ1) is 14.6. The van der Waals surface area contributed by atoms with E-state index in [4.69, 9.17) is 16.7 Å². The van der Waals surface area contributed by atoms with Crippen molar-refractivity contribution < 1.29 is 14.7 Å². The summed E-state index contributed by atoms with van der Waals surface area (Å²) in [5.74, 6) is -1.55. The molecule has 0 aliphatic heterocycles. The Hall–Kier alpha value is -1.79. The van der Waals surface area contributed by atoms with E-state index in [1.54, 1.807) is 23.9 Å². The molecule has 5 nitrogen and oxygen atoms in total. The molecule has 2 N–H and O–H groups in total. The monoisotopic (exact) mass is 356 g/mol. The van der Waals surface area contributed by atoms with Crippen molar-refractivity contribution in [3.63, 3.8) is 0 Å². The maximum Gasteiger partial charge on any atom is 0.337 e. The molecule has 1 amide bonds. The average molecular weight is 358 g/mol. The Morgan fingerprint density at radius 2 is 2.05 bits per heavy atom. The minimum atomic E-state index is -1.12. The van der Waals surface area contributed by atoms with Crippen molar-refractivity contribution in [2.24, 2.45) is 7.05 Å². The number of rotatable bonds is 3. The normalized spacial score (nSPS) is 10.3. The minimum Gasteiger partial charge on any atom is -0.478 e. The van der Waals surface area contributed by atoms with Crippen molar-refractivity contribution >= 4 is 45.1 Å². The number of hydrogen-bond donors (Lipinski definition) is 2. The quantitative estimate of drug-likeness (QED) is 0.884. The van der Waals surface area contributed by atoms with Gasteiger partial charge in [-0.25, -0.2) is 4.79 Å². The van der Waals surface area contributed by atoms with Crippen LogP contribution in [0.25, 0.3) is 0 Å². The van der Waals surface area contributed by atoms with Crippen LogP contribution < -0.4 is 5.32 Å². The van der Waals surface area contributed by atoms with Crippen molar-refractivity contribution in [3.8, 4) is 0 Å². The second kappa shape index (κ2) is 5.68. The number of anilines is 1. The molecule has 0 bridgehead atoms. The third-order valence-corrected chi connectivity index (χ3v) is 3.36. The van der Waals surface area contributed by atoms with Gasteiger partial charge in [0.25, 0.3) is 5.91 Å². The first-order valence-corrected chi connectivity index (χ1v) is 6.71. The summed E-state index contributed by atoms with van der Waals surface area (Å²) in [6.07, 6.45) is 1.59. The Labute approximate surface area is 128 Å². The van der Waals surface area contributed by atoms with E-state index >= 15 is 0 Å². The van der Waals surface area contributed by atoms with Gasteiger partial charge in [0.1, 0.15) is 5.69 Å². The molecule has 20 heavy (non-hydrogen) atoms. The lowest BCUT2D eigenvalue weighted by atomic mass is 10.2. The number of amides is 1. The van der Waals surface area contributed by atoms with E-state index in [1.165, 1.54) is 18.2 Å². The highest BCUT2D eigenvalue weighted by Crippen LogP contribution is 2.22. The van der Waals surface area contributed by atoms with E-state index < -0.39 is 11.9 Å². The number of aromatic nitrogens is 1. The highest BCUT2D eigenvalue weighted by Gasteiger charge is 2.16. The van der Waals surface area contributed by atoms with Crippen LogP contribution in [0.5, 0.6) is 0 Å². The van der Waals surface area contributed by atoms with Gasteiger partial charge in [-0.05, 0) is 24.3 Å². The van der Waals surface area contributed by atoms with Gasteiger partial charge >= 0.3 is 5.97 Å². The van der Waals surface area contributed by atoms with Crippen molar-refractivity contribution in [2.45, 2.75) is 0 Å². The number of halogens is 2. The fourth-order valence-corrected chi connectivity index (χ4v) is 2.35. The maximum atomic E-state index is 12.1. The smallest absolute Gasteiger partial charge is 0.337 e. The number of carbonyl (C=O) groups excluding carboxylic acids is 1. The molecular weight excluding hydrogens is 348 g/mol. The maximum absolute atomic E-state index is 12.1. The van der Waals surface area contributed by atoms with E-state index in [0.717, 1.165) is 0 Å². The van der Waals surface area contributed by atoms with Gasteiger partial charge in [-0.2, -0.15) is 0 Å². The van der Waals surface area contributed by atoms with Crippen LogP contribution in [0, 0.1) is 0 Å². The zero-order valence-corrected chi connectivity index (χ0v) is 12.7. The Morgan fingerprint density at radius 3 is 2.60 bits per heavy atom. The molecule has 1 aromatic carbocycles. The molecule has 0 aliphatic carbocycles. The minimum absolute atomic E-state index is 0.00744. The lowest BCUT2D eigenvalue weighted by Crippen LogP contribution is -2.17. The summed E-state index contributed by atoms with van der Waals surface area (Å²) in [5.41, 5.74) is 0.574. The second-order valence-electron chi connectivity index (χ2n) is 4.10. The van der Waals surface area contributed by atoms with Gasteiger partial charge in [-0.1, -0.05) is 27.5 Å². The molecule has 0 saturated carbocycles. The molecule has 0 radical (unpaired) electrons. The van der Waals surface area contributed by atoms with Crippen molar-refractivity contribution in [2.75, 3.05) is 5.32 Å². The van der Waals surface area contributed by atoms with Crippen LogP contribution in [0.1, 0.15) is 20.8 Å². The van der Waals surface area contributed by atoms with Gasteiger partial charge < -0.3 is 15.0 Å². The first-order valence-electron chi connectivity index (χ1n) is 5.54. The van der Waals surface area contributed by atoms with E-state index in [2.05, 4.69) is 21.2 Å². The number of carbonyl (C=O) groups is 2. The molecule has 0 spiro atoms. The summed E-state index contributed by atoms with van der Waals surface area (Å²) in [5, 5.41) is 12.1. The molecule has 0 saturated heterocycles. The van der Waals surface area contributed by atoms with E-state index in [0.29, 0.717) is 15.2 Å². The van der Waals surface area contributed by atoms with Crippen LogP contribution in [0.3, 0.4) is 0 Å². The number of carboxylic acids is 1. The third-order valence-electron chi connectivity index (χ3n) is 2.66. The van der Waals surface area contributed by atoms with E-state index in [1.807, 2.05) is 0 Å². The standard InChI is InChI=1S/C13H10BrClN2O3/c1-17-6-8(15)5-11(17)12(18)16-10-3-2-7(14)4-9(10)13(19)20/h2-6H,1H3,(H,16,18)(H,19,20). The molecule has 0 fully saturated rings. The predicted octanol–water partition coefficient (Wildman–Crippen LogP) is 3.39. The molecule has 0 unspecified atom stereocenters.